The maximum Gasteiger partial charge on any atom is 0.0787 e. The first kappa shape index (κ1) is 13.6. The molecule has 0 fully saturated rings. The van der Waals surface area contributed by atoms with Crippen LogP contribution in [0.2, 0.25) is 0 Å². The molecule has 0 N–H and O–H groups in total. The standard InChI is InChI=1S/C23H12BrN/c24-21-12-19-16-8-3-7-15-17-9-4-10-25-23(17)20(22(15)16)11-18(19)13-5-1-2-6-14(13)21/h1-12H. The fourth-order valence-corrected chi connectivity index (χ4v) is 4.84. The third-order valence-electron chi connectivity index (χ3n) is 5.30. The van der Waals surface area contributed by atoms with Gasteiger partial charge < -0.3 is 0 Å². The van der Waals surface area contributed by atoms with Crippen molar-refractivity contribution in [3.05, 3.63) is 77.4 Å². The van der Waals surface area contributed by atoms with Gasteiger partial charge in [0.15, 0.2) is 0 Å². The van der Waals surface area contributed by atoms with Crippen LogP contribution in [0.3, 0.4) is 0 Å². The topological polar surface area (TPSA) is 12.9 Å². The number of rotatable bonds is 0. The molecule has 0 spiro atoms. The molecule has 1 heterocycles. The Morgan fingerprint density at radius 2 is 1.36 bits per heavy atom. The highest BCUT2D eigenvalue weighted by Gasteiger charge is 2.23. The number of benzene rings is 4. The minimum absolute atomic E-state index is 1.10. The minimum atomic E-state index is 1.10. The Hall–Kier alpha value is -2.71. The van der Waals surface area contributed by atoms with E-state index in [1.807, 2.05) is 12.3 Å². The molecule has 1 aliphatic carbocycles. The lowest BCUT2D eigenvalue weighted by Gasteiger charge is -2.11. The smallest absolute Gasteiger partial charge is 0.0787 e. The summed E-state index contributed by atoms with van der Waals surface area (Å²) in [7, 11) is 0. The van der Waals surface area contributed by atoms with Gasteiger partial charge >= 0.3 is 0 Å². The van der Waals surface area contributed by atoms with E-state index in [0.717, 1.165) is 10.2 Å². The number of nitrogens with zero attached hydrogens (tertiary/aromatic N) is 1. The van der Waals surface area contributed by atoms with Crippen molar-refractivity contribution in [1.82, 2.24) is 4.98 Å². The van der Waals surface area contributed by atoms with Gasteiger partial charge in [-0.15, -0.1) is 0 Å². The molecule has 6 rings (SSSR count). The molecule has 1 aromatic heterocycles. The third-order valence-corrected chi connectivity index (χ3v) is 5.96. The molecule has 0 bridgehead atoms. The number of hydrogen-bond acceptors (Lipinski definition) is 1. The molecule has 0 unspecified atom stereocenters. The number of fused-ring (bicyclic) bond motifs is 7. The molecule has 1 nitrogen and oxygen atoms in total. The van der Waals surface area contributed by atoms with E-state index < -0.39 is 0 Å². The van der Waals surface area contributed by atoms with Gasteiger partial charge in [-0.25, -0.2) is 0 Å². The number of pyridine rings is 1. The van der Waals surface area contributed by atoms with Gasteiger partial charge in [0.2, 0.25) is 0 Å². The van der Waals surface area contributed by atoms with Gasteiger partial charge in [0.25, 0.3) is 0 Å². The van der Waals surface area contributed by atoms with Crippen molar-refractivity contribution in [2.24, 2.45) is 0 Å². The van der Waals surface area contributed by atoms with E-state index in [9.17, 15) is 0 Å². The van der Waals surface area contributed by atoms with Crippen molar-refractivity contribution in [3.8, 4) is 22.4 Å². The second-order valence-corrected chi connectivity index (χ2v) is 7.41. The van der Waals surface area contributed by atoms with Gasteiger partial charge in [0, 0.05) is 21.8 Å². The minimum Gasteiger partial charge on any atom is -0.256 e. The normalized spacial score (nSPS) is 12.2. The van der Waals surface area contributed by atoms with Crippen LogP contribution in [0.15, 0.2) is 77.4 Å². The summed E-state index contributed by atoms with van der Waals surface area (Å²) in [4.78, 5) is 4.69. The van der Waals surface area contributed by atoms with Crippen LogP contribution in [-0.2, 0) is 0 Å². The lowest BCUT2D eigenvalue weighted by atomic mass is 9.94. The van der Waals surface area contributed by atoms with Crippen LogP contribution in [0, 0.1) is 0 Å². The maximum absolute atomic E-state index is 4.69. The molecule has 0 saturated heterocycles. The lowest BCUT2D eigenvalue weighted by Crippen LogP contribution is -1.85. The van der Waals surface area contributed by atoms with E-state index in [4.69, 9.17) is 4.98 Å². The van der Waals surface area contributed by atoms with E-state index in [1.165, 1.54) is 49.0 Å². The Morgan fingerprint density at radius 3 is 2.28 bits per heavy atom. The highest BCUT2D eigenvalue weighted by atomic mass is 79.9. The Kier molecular flexibility index (Phi) is 2.54. The molecule has 4 aromatic carbocycles. The molecule has 0 radical (unpaired) electrons. The van der Waals surface area contributed by atoms with Crippen LogP contribution in [-0.4, -0.2) is 4.98 Å². The fraction of sp³-hybridized carbons (Fsp3) is 0. The predicted octanol–water partition coefficient (Wildman–Crippen LogP) is 6.95. The molecular formula is C23H12BrN. The second kappa shape index (κ2) is 4.68. The summed E-state index contributed by atoms with van der Waals surface area (Å²) in [5.74, 6) is 0. The van der Waals surface area contributed by atoms with E-state index in [-0.39, 0.29) is 0 Å². The first-order chi connectivity index (χ1) is 12.3. The molecule has 0 saturated carbocycles. The fourth-order valence-electron chi connectivity index (χ4n) is 4.26. The molecule has 0 amide bonds. The predicted molar refractivity (Wildman–Crippen MR) is 109 cm³/mol. The second-order valence-electron chi connectivity index (χ2n) is 6.55. The van der Waals surface area contributed by atoms with Crippen LogP contribution in [0.1, 0.15) is 0 Å². The summed E-state index contributed by atoms with van der Waals surface area (Å²) in [5, 5.41) is 7.73. The Bertz CT molecular complexity index is 1350. The molecule has 0 aliphatic heterocycles. The van der Waals surface area contributed by atoms with Crippen LogP contribution in [0.5, 0.6) is 0 Å². The van der Waals surface area contributed by atoms with E-state index >= 15 is 0 Å². The van der Waals surface area contributed by atoms with Gasteiger partial charge in [-0.2, -0.15) is 0 Å². The zero-order chi connectivity index (χ0) is 16.5. The van der Waals surface area contributed by atoms with Crippen molar-refractivity contribution in [1.29, 1.82) is 0 Å². The van der Waals surface area contributed by atoms with Gasteiger partial charge in [0.1, 0.15) is 0 Å². The lowest BCUT2D eigenvalue weighted by molar-refractivity contribution is 1.35. The number of aromatic nitrogens is 1. The van der Waals surface area contributed by atoms with Crippen molar-refractivity contribution in [2.75, 3.05) is 0 Å². The van der Waals surface area contributed by atoms with Crippen molar-refractivity contribution in [3.63, 3.8) is 0 Å². The molecule has 25 heavy (non-hydrogen) atoms. The Labute approximate surface area is 153 Å². The largest absolute Gasteiger partial charge is 0.256 e. The van der Waals surface area contributed by atoms with Gasteiger partial charge in [-0.3, -0.25) is 4.98 Å². The summed E-state index contributed by atoms with van der Waals surface area (Å²) in [5.41, 5.74) is 4.88. The van der Waals surface area contributed by atoms with Gasteiger partial charge in [-0.1, -0.05) is 64.5 Å². The van der Waals surface area contributed by atoms with Crippen LogP contribution in [0.4, 0.5) is 0 Å². The van der Waals surface area contributed by atoms with Crippen molar-refractivity contribution < 1.29 is 0 Å². The summed E-state index contributed by atoms with van der Waals surface area (Å²) in [6.45, 7) is 0. The van der Waals surface area contributed by atoms with E-state index in [0.29, 0.717) is 0 Å². The molecule has 2 heteroatoms. The van der Waals surface area contributed by atoms with Gasteiger partial charge in [-0.05, 0) is 56.1 Å². The average Bonchev–Trinajstić information content (AvgIpc) is 2.99. The summed E-state index contributed by atoms with van der Waals surface area (Å²) in [6.07, 6.45) is 1.89. The number of hydrogen-bond donors (Lipinski definition) is 0. The molecule has 1 aliphatic rings. The highest BCUT2D eigenvalue weighted by molar-refractivity contribution is 9.10. The Morgan fingerprint density at radius 1 is 0.600 bits per heavy atom. The molecular weight excluding hydrogens is 370 g/mol. The first-order valence-corrected chi connectivity index (χ1v) is 9.15. The average molecular weight is 382 g/mol. The number of halogens is 1. The molecule has 0 atom stereocenters. The van der Waals surface area contributed by atoms with Crippen LogP contribution in [0.25, 0.3) is 54.7 Å². The summed E-state index contributed by atoms with van der Waals surface area (Å²) < 4.78 is 1.14. The van der Waals surface area contributed by atoms with E-state index in [1.54, 1.807) is 0 Å². The maximum atomic E-state index is 4.69. The summed E-state index contributed by atoms with van der Waals surface area (Å²) in [6, 6.07) is 24.0. The molecule has 5 aromatic rings. The quantitative estimate of drug-likeness (QED) is 0.259. The van der Waals surface area contributed by atoms with Crippen LogP contribution < -0.4 is 0 Å². The monoisotopic (exact) mass is 381 g/mol. The SMILES string of the molecule is Brc1cc2c3cccc4c3c(cc2c2ccccc12)-c1ncccc1-4. The third kappa shape index (κ3) is 1.65. The molecule has 116 valence electrons. The Balaban J connectivity index is 1.94. The van der Waals surface area contributed by atoms with Gasteiger partial charge in [0.05, 0.1) is 5.69 Å². The van der Waals surface area contributed by atoms with Crippen molar-refractivity contribution in [2.45, 2.75) is 0 Å². The first-order valence-electron chi connectivity index (χ1n) is 8.35. The van der Waals surface area contributed by atoms with Crippen LogP contribution >= 0.6 is 15.9 Å². The zero-order valence-corrected chi connectivity index (χ0v) is 14.8. The van der Waals surface area contributed by atoms with E-state index in [2.05, 4.69) is 76.6 Å². The van der Waals surface area contributed by atoms with Crippen molar-refractivity contribution >= 4 is 48.2 Å². The zero-order valence-electron chi connectivity index (χ0n) is 13.3. The summed E-state index contributed by atoms with van der Waals surface area (Å²) >= 11 is 3.77. The highest BCUT2D eigenvalue weighted by Crippen LogP contribution is 2.49.